The number of methoxy groups -OCH3 is 2. The number of benzene rings is 1. The van der Waals surface area contributed by atoms with Crippen LogP contribution in [0.4, 0.5) is 0 Å². The fourth-order valence-electron chi connectivity index (χ4n) is 3.29. The summed E-state index contributed by atoms with van der Waals surface area (Å²) in [5, 5.41) is 6.68. The third kappa shape index (κ3) is 7.45. The Labute approximate surface area is 174 Å². The highest BCUT2D eigenvalue weighted by Gasteiger charge is 2.17. The van der Waals surface area contributed by atoms with Crippen molar-refractivity contribution in [2.24, 2.45) is 4.99 Å². The van der Waals surface area contributed by atoms with Gasteiger partial charge in [0, 0.05) is 52.7 Å². The highest BCUT2D eigenvalue weighted by molar-refractivity contribution is 5.79. The largest absolute Gasteiger partial charge is 0.493 e. The zero-order chi connectivity index (χ0) is 21.1. The van der Waals surface area contributed by atoms with Gasteiger partial charge in [0.15, 0.2) is 17.5 Å². The molecule has 1 aromatic rings. The van der Waals surface area contributed by atoms with Crippen molar-refractivity contribution in [2.75, 3.05) is 66.6 Å². The van der Waals surface area contributed by atoms with Gasteiger partial charge in [-0.1, -0.05) is 6.07 Å². The van der Waals surface area contributed by atoms with Gasteiger partial charge < -0.3 is 25.0 Å². The fourth-order valence-corrected chi connectivity index (χ4v) is 3.29. The summed E-state index contributed by atoms with van der Waals surface area (Å²) in [4.78, 5) is 20.3. The van der Waals surface area contributed by atoms with Crippen LogP contribution in [0.1, 0.15) is 19.4 Å². The maximum absolute atomic E-state index is 11.4. The Morgan fingerprint density at radius 1 is 1.10 bits per heavy atom. The first-order valence-corrected chi connectivity index (χ1v) is 10.3. The molecule has 1 aromatic carbocycles. The Kier molecular flexibility index (Phi) is 9.56. The van der Waals surface area contributed by atoms with Crippen LogP contribution in [0.25, 0.3) is 0 Å². The van der Waals surface area contributed by atoms with Gasteiger partial charge in [-0.25, -0.2) is 0 Å². The van der Waals surface area contributed by atoms with Gasteiger partial charge in [-0.3, -0.25) is 14.7 Å². The van der Waals surface area contributed by atoms with Gasteiger partial charge in [-0.15, -0.1) is 0 Å². The molecule has 2 rings (SSSR count). The Morgan fingerprint density at radius 2 is 1.83 bits per heavy atom. The first-order valence-electron chi connectivity index (χ1n) is 10.3. The van der Waals surface area contributed by atoms with E-state index in [0.717, 1.165) is 76.2 Å². The molecule has 1 saturated heterocycles. The predicted molar refractivity (Wildman–Crippen MR) is 116 cm³/mol. The molecule has 2 N–H and O–H groups in total. The van der Waals surface area contributed by atoms with Crippen LogP contribution in [0.2, 0.25) is 0 Å². The lowest BCUT2D eigenvalue weighted by Crippen LogP contribution is -2.48. The molecule has 8 heteroatoms. The molecule has 29 heavy (non-hydrogen) atoms. The number of piperazine rings is 1. The number of carbonyl (C=O) groups excluding carboxylic acids is 1. The number of hydrogen-bond acceptors (Lipinski definition) is 5. The molecular formula is C21H35N5O3. The average molecular weight is 406 g/mol. The fraction of sp³-hybridized carbons (Fsp3) is 0.619. The van der Waals surface area contributed by atoms with Crippen LogP contribution in [-0.2, 0) is 11.2 Å². The predicted octanol–water partition coefficient (Wildman–Crippen LogP) is 0.966. The second kappa shape index (κ2) is 12.2. The smallest absolute Gasteiger partial charge is 0.219 e. The molecule has 1 amide bonds. The van der Waals surface area contributed by atoms with E-state index in [1.807, 2.05) is 23.1 Å². The van der Waals surface area contributed by atoms with Crippen LogP contribution in [0.15, 0.2) is 23.2 Å². The molecule has 0 atom stereocenters. The van der Waals surface area contributed by atoms with E-state index >= 15 is 0 Å². The normalized spacial score (nSPS) is 15.2. The lowest BCUT2D eigenvalue weighted by molar-refractivity contribution is -0.130. The minimum Gasteiger partial charge on any atom is -0.493 e. The molecule has 1 fully saturated rings. The van der Waals surface area contributed by atoms with E-state index in [9.17, 15) is 4.79 Å². The summed E-state index contributed by atoms with van der Waals surface area (Å²) < 4.78 is 10.7. The van der Waals surface area contributed by atoms with Gasteiger partial charge in [-0.2, -0.15) is 0 Å². The number of hydrogen-bond donors (Lipinski definition) is 2. The monoisotopic (exact) mass is 405 g/mol. The van der Waals surface area contributed by atoms with E-state index in [1.54, 1.807) is 21.1 Å². The van der Waals surface area contributed by atoms with Gasteiger partial charge in [0.05, 0.1) is 20.8 Å². The van der Waals surface area contributed by atoms with Gasteiger partial charge in [-0.05, 0) is 31.0 Å². The third-order valence-corrected chi connectivity index (χ3v) is 5.00. The lowest BCUT2D eigenvalue weighted by atomic mass is 10.1. The first-order chi connectivity index (χ1) is 14.1. The number of guanidine groups is 1. The van der Waals surface area contributed by atoms with Crippen LogP contribution in [-0.4, -0.2) is 88.2 Å². The van der Waals surface area contributed by atoms with Crippen LogP contribution in [0, 0.1) is 0 Å². The minimum absolute atomic E-state index is 0.163. The quantitative estimate of drug-likeness (QED) is 0.471. The lowest BCUT2D eigenvalue weighted by Gasteiger charge is -2.33. The summed E-state index contributed by atoms with van der Waals surface area (Å²) in [7, 11) is 3.29. The summed E-state index contributed by atoms with van der Waals surface area (Å²) in [6.45, 7) is 10.4. The Morgan fingerprint density at radius 3 is 2.45 bits per heavy atom. The molecule has 0 bridgehead atoms. The van der Waals surface area contributed by atoms with Crippen molar-refractivity contribution in [1.29, 1.82) is 0 Å². The second-order valence-corrected chi connectivity index (χ2v) is 6.97. The standard InChI is InChI=1S/C21H35N5O3/c1-5-22-21(24-10-11-25-12-14-26(15-13-25)17(2)27)23-9-8-18-6-7-19(28-3)20(16-18)29-4/h6-7,16H,5,8-15H2,1-4H3,(H2,22,23,24). The number of amides is 1. The molecule has 0 aromatic heterocycles. The highest BCUT2D eigenvalue weighted by Crippen LogP contribution is 2.27. The molecule has 0 aliphatic carbocycles. The number of carbonyl (C=O) groups is 1. The SMILES string of the molecule is CCNC(=NCCN1CCN(C(C)=O)CC1)NCCc1ccc(OC)c(OC)c1. The van der Waals surface area contributed by atoms with Crippen LogP contribution in [0.3, 0.4) is 0 Å². The molecule has 1 aliphatic rings. The molecule has 0 spiro atoms. The molecule has 162 valence electrons. The van der Waals surface area contributed by atoms with Crippen molar-refractivity contribution < 1.29 is 14.3 Å². The number of nitrogens with zero attached hydrogens (tertiary/aromatic N) is 3. The summed E-state index contributed by atoms with van der Waals surface area (Å²) in [5.41, 5.74) is 1.18. The van der Waals surface area contributed by atoms with E-state index in [4.69, 9.17) is 9.47 Å². The van der Waals surface area contributed by atoms with Gasteiger partial charge in [0.2, 0.25) is 5.91 Å². The molecule has 8 nitrogen and oxygen atoms in total. The van der Waals surface area contributed by atoms with Crippen molar-refractivity contribution in [1.82, 2.24) is 20.4 Å². The van der Waals surface area contributed by atoms with Gasteiger partial charge in [0.1, 0.15) is 0 Å². The molecule has 0 radical (unpaired) electrons. The highest BCUT2D eigenvalue weighted by atomic mass is 16.5. The van der Waals surface area contributed by atoms with Crippen molar-refractivity contribution in [2.45, 2.75) is 20.3 Å². The summed E-state index contributed by atoms with van der Waals surface area (Å²) in [5.74, 6) is 2.48. The Hall–Kier alpha value is -2.48. The van der Waals surface area contributed by atoms with Crippen molar-refractivity contribution in [3.63, 3.8) is 0 Å². The second-order valence-electron chi connectivity index (χ2n) is 6.97. The van der Waals surface area contributed by atoms with E-state index < -0.39 is 0 Å². The summed E-state index contributed by atoms with van der Waals surface area (Å²) in [6, 6.07) is 5.98. The molecule has 0 unspecified atom stereocenters. The van der Waals surface area contributed by atoms with Crippen molar-refractivity contribution >= 4 is 11.9 Å². The van der Waals surface area contributed by atoms with Crippen molar-refractivity contribution in [3.05, 3.63) is 23.8 Å². The molecular weight excluding hydrogens is 370 g/mol. The summed E-state index contributed by atoms with van der Waals surface area (Å²) in [6.07, 6.45) is 0.859. The van der Waals surface area contributed by atoms with Crippen LogP contribution in [0.5, 0.6) is 11.5 Å². The van der Waals surface area contributed by atoms with Crippen molar-refractivity contribution in [3.8, 4) is 11.5 Å². The molecule has 1 aliphatic heterocycles. The van der Waals surface area contributed by atoms with Gasteiger partial charge in [0.25, 0.3) is 0 Å². The van der Waals surface area contributed by atoms with E-state index in [2.05, 4.69) is 27.4 Å². The molecule has 0 saturated carbocycles. The Balaban J connectivity index is 1.77. The maximum atomic E-state index is 11.4. The zero-order valence-electron chi connectivity index (χ0n) is 18.2. The zero-order valence-corrected chi connectivity index (χ0v) is 18.2. The minimum atomic E-state index is 0.163. The third-order valence-electron chi connectivity index (χ3n) is 5.00. The van der Waals surface area contributed by atoms with Gasteiger partial charge >= 0.3 is 0 Å². The first kappa shape index (κ1) is 22.8. The van der Waals surface area contributed by atoms with E-state index in [0.29, 0.717) is 0 Å². The topological polar surface area (TPSA) is 78.4 Å². The molecule has 1 heterocycles. The number of ether oxygens (including phenoxy) is 2. The summed E-state index contributed by atoms with van der Waals surface area (Å²) >= 11 is 0. The Bertz CT molecular complexity index is 672. The number of nitrogens with one attached hydrogen (secondary N) is 2. The van der Waals surface area contributed by atoms with Crippen LogP contribution >= 0.6 is 0 Å². The average Bonchev–Trinajstić information content (AvgIpc) is 2.74. The number of aliphatic imine (C=N–C) groups is 1. The van der Waals surface area contributed by atoms with E-state index in [-0.39, 0.29) is 5.91 Å². The van der Waals surface area contributed by atoms with E-state index in [1.165, 1.54) is 5.56 Å². The number of rotatable bonds is 9. The maximum Gasteiger partial charge on any atom is 0.219 e. The van der Waals surface area contributed by atoms with Crippen LogP contribution < -0.4 is 20.1 Å².